The molecule has 15 heavy (non-hydrogen) atoms. The number of piperidine rings is 1. The van der Waals surface area contributed by atoms with Crippen LogP contribution in [0.15, 0.2) is 0 Å². The molecule has 0 spiro atoms. The molecule has 0 aliphatic carbocycles. The lowest BCUT2D eigenvalue weighted by atomic mass is 9.84. The van der Waals surface area contributed by atoms with E-state index in [1.165, 1.54) is 0 Å². The van der Waals surface area contributed by atoms with Gasteiger partial charge in [-0.05, 0) is 12.3 Å². The molecule has 1 rings (SSSR count). The van der Waals surface area contributed by atoms with Crippen molar-refractivity contribution < 1.29 is 14.7 Å². The largest absolute Gasteiger partial charge is 0.465 e. The summed E-state index contributed by atoms with van der Waals surface area (Å²) in [5.74, 6) is 0.586. The van der Waals surface area contributed by atoms with Crippen molar-refractivity contribution in [1.29, 1.82) is 0 Å². The molecule has 0 radical (unpaired) electrons. The molecule has 1 heterocycles. The normalized spacial score (nSPS) is 23.5. The van der Waals surface area contributed by atoms with E-state index in [4.69, 9.17) is 5.11 Å². The van der Waals surface area contributed by atoms with Crippen molar-refractivity contribution in [2.45, 2.75) is 19.8 Å². The monoisotopic (exact) mass is 214 g/mol. The molecular weight excluding hydrogens is 196 g/mol. The number of Topliss-reactive ketones (excluding diaryl/α,β-unsaturated/α-hetero) is 1. The van der Waals surface area contributed by atoms with Crippen molar-refractivity contribution in [3.63, 3.8) is 0 Å². The lowest BCUT2D eigenvalue weighted by Crippen LogP contribution is -2.41. The van der Waals surface area contributed by atoms with Crippen LogP contribution in [0.5, 0.6) is 0 Å². The fraction of sp³-hybridized carbons (Fsp3) is 0.800. The molecule has 5 nitrogen and oxygen atoms in total. The van der Waals surface area contributed by atoms with Gasteiger partial charge in [-0.3, -0.25) is 4.79 Å². The zero-order valence-corrected chi connectivity index (χ0v) is 8.95. The minimum absolute atomic E-state index is 0.0503. The number of carbonyl (C=O) groups excluding carboxylic acids is 1. The van der Waals surface area contributed by atoms with Crippen molar-refractivity contribution in [1.82, 2.24) is 10.6 Å². The number of carboxylic acid groups (broad SMARTS) is 1. The van der Waals surface area contributed by atoms with Crippen LogP contribution >= 0.6 is 0 Å². The molecule has 1 saturated heterocycles. The zero-order chi connectivity index (χ0) is 11.3. The first-order chi connectivity index (χ1) is 7.11. The molecular formula is C10H18N2O3. The van der Waals surface area contributed by atoms with Crippen LogP contribution in [-0.2, 0) is 4.79 Å². The van der Waals surface area contributed by atoms with Crippen molar-refractivity contribution in [3.05, 3.63) is 0 Å². The predicted molar refractivity (Wildman–Crippen MR) is 55.8 cm³/mol. The first-order valence-corrected chi connectivity index (χ1v) is 5.31. The van der Waals surface area contributed by atoms with Gasteiger partial charge >= 0.3 is 6.09 Å². The number of carbonyl (C=O) groups is 2. The van der Waals surface area contributed by atoms with E-state index in [0.29, 0.717) is 25.2 Å². The van der Waals surface area contributed by atoms with E-state index >= 15 is 0 Å². The molecule has 0 aromatic rings. The van der Waals surface area contributed by atoms with E-state index in [9.17, 15) is 9.59 Å². The van der Waals surface area contributed by atoms with Crippen LogP contribution in [0, 0.1) is 11.8 Å². The summed E-state index contributed by atoms with van der Waals surface area (Å²) < 4.78 is 0. The molecule has 0 saturated carbocycles. The summed E-state index contributed by atoms with van der Waals surface area (Å²) in [4.78, 5) is 21.8. The summed E-state index contributed by atoms with van der Waals surface area (Å²) in [6, 6.07) is 0. The minimum Gasteiger partial charge on any atom is -0.465 e. The SMILES string of the molecule is CC(CCNC(=O)O)C1CNCCC1=O. The second-order valence-corrected chi connectivity index (χ2v) is 4.02. The Morgan fingerprint density at radius 3 is 3.07 bits per heavy atom. The Kier molecular flexibility index (Phi) is 4.55. The Hall–Kier alpha value is -1.10. The van der Waals surface area contributed by atoms with E-state index in [2.05, 4.69) is 10.6 Å². The van der Waals surface area contributed by atoms with E-state index < -0.39 is 6.09 Å². The molecule has 0 aromatic heterocycles. The van der Waals surface area contributed by atoms with Crippen LogP contribution in [0.2, 0.25) is 0 Å². The predicted octanol–water partition coefficient (Wildman–Crippen LogP) is 0.459. The summed E-state index contributed by atoms with van der Waals surface area (Å²) in [5.41, 5.74) is 0. The third-order valence-electron chi connectivity index (χ3n) is 2.89. The highest BCUT2D eigenvalue weighted by molar-refractivity contribution is 5.82. The third kappa shape index (κ3) is 3.87. The molecule has 2 unspecified atom stereocenters. The minimum atomic E-state index is -1.00. The number of hydrogen-bond donors (Lipinski definition) is 3. The summed E-state index contributed by atoms with van der Waals surface area (Å²) in [6.45, 7) is 3.92. The van der Waals surface area contributed by atoms with Crippen LogP contribution in [0.1, 0.15) is 19.8 Å². The van der Waals surface area contributed by atoms with Crippen molar-refractivity contribution in [3.8, 4) is 0 Å². The Morgan fingerprint density at radius 2 is 2.47 bits per heavy atom. The van der Waals surface area contributed by atoms with Crippen LogP contribution in [-0.4, -0.2) is 36.6 Å². The van der Waals surface area contributed by atoms with Crippen LogP contribution in [0.3, 0.4) is 0 Å². The first-order valence-electron chi connectivity index (χ1n) is 5.31. The highest BCUT2D eigenvalue weighted by atomic mass is 16.4. The smallest absolute Gasteiger partial charge is 0.404 e. The van der Waals surface area contributed by atoms with Gasteiger partial charge in [-0.2, -0.15) is 0 Å². The number of nitrogens with one attached hydrogen (secondary N) is 2. The summed E-state index contributed by atoms with van der Waals surface area (Å²) >= 11 is 0. The van der Waals surface area contributed by atoms with Gasteiger partial charge in [-0.1, -0.05) is 6.92 Å². The fourth-order valence-corrected chi connectivity index (χ4v) is 1.89. The summed E-state index contributed by atoms with van der Waals surface area (Å²) in [7, 11) is 0. The number of amides is 1. The summed E-state index contributed by atoms with van der Waals surface area (Å²) in [6.07, 6.45) is 0.307. The Morgan fingerprint density at radius 1 is 1.73 bits per heavy atom. The molecule has 1 aliphatic rings. The maximum Gasteiger partial charge on any atom is 0.404 e. The van der Waals surface area contributed by atoms with Gasteiger partial charge in [0.05, 0.1) is 0 Å². The van der Waals surface area contributed by atoms with Gasteiger partial charge in [0.25, 0.3) is 0 Å². The maximum absolute atomic E-state index is 11.6. The summed E-state index contributed by atoms with van der Waals surface area (Å²) in [5, 5.41) is 13.9. The molecule has 3 N–H and O–H groups in total. The quantitative estimate of drug-likeness (QED) is 0.635. The average molecular weight is 214 g/mol. The number of ketones is 1. The van der Waals surface area contributed by atoms with Gasteiger partial charge in [0.15, 0.2) is 0 Å². The lowest BCUT2D eigenvalue weighted by Gasteiger charge is -2.27. The van der Waals surface area contributed by atoms with Gasteiger partial charge in [0, 0.05) is 32.0 Å². The number of rotatable bonds is 4. The first kappa shape index (κ1) is 12.0. The second-order valence-electron chi connectivity index (χ2n) is 4.02. The Bertz CT molecular complexity index is 243. The highest BCUT2D eigenvalue weighted by Crippen LogP contribution is 2.19. The molecule has 0 bridgehead atoms. The van der Waals surface area contributed by atoms with E-state index in [0.717, 1.165) is 13.1 Å². The molecule has 1 fully saturated rings. The third-order valence-corrected chi connectivity index (χ3v) is 2.89. The van der Waals surface area contributed by atoms with Crippen LogP contribution < -0.4 is 10.6 Å². The van der Waals surface area contributed by atoms with Crippen molar-refractivity contribution in [2.24, 2.45) is 11.8 Å². The van der Waals surface area contributed by atoms with Gasteiger partial charge in [-0.25, -0.2) is 4.79 Å². The van der Waals surface area contributed by atoms with Gasteiger partial charge in [0.1, 0.15) is 5.78 Å². The van der Waals surface area contributed by atoms with Crippen molar-refractivity contribution in [2.75, 3.05) is 19.6 Å². The van der Waals surface area contributed by atoms with Gasteiger partial charge in [0.2, 0.25) is 0 Å². The van der Waals surface area contributed by atoms with Crippen LogP contribution in [0.25, 0.3) is 0 Å². The van der Waals surface area contributed by atoms with E-state index in [1.54, 1.807) is 0 Å². The Balaban J connectivity index is 2.28. The van der Waals surface area contributed by atoms with Crippen molar-refractivity contribution >= 4 is 11.9 Å². The molecule has 1 amide bonds. The van der Waals surface area contributed by atoms with Gasteiger partial charge < -0.3 is 15.7 Å². The molecule has 1 aliphatic heterocycles. The molecule has 5 heteroatoms. The van der Waals surface area contributed by atoms with Crippen LogP contribution in [0.4, 0.5) is 4.79 Å². The second kappa shape index (κ2) is 5.70. The topological polar surface area (TPSA) is 78.4 Å². The van der Waals surface area contributed by atoms with E-state index in [1.807, 2.05) is 6.92 Å². The fourth-order valence-electron chi connectivity index (χ4n) is 1.89. The van der Waals surface area contributed by atoms with Gasteiger partial charge in [-0.15, -0.1) is 0 Å². The zero-order valence-electron chi connectivity index (χ0n) is 8.95. The Labute approximate surface area is 89.2 Å². The average Bonchev–Trinajstić information content (AvgIpc) is 2.17. The van der Waals surface area contributed by atoms with E-state index in [-0.39, 0.29) is 11.8 Å². The molecule has 2 atom stereocenters. The lowest BCUT2D eigenvalue weighted by molar-refractivity contribution is -0.125. The molecule has 0 aromatic carbocycles. The molecule has 86 valence electrons. The maximum atomic E-state index is 11.6. The standard InChI is InChI=1S/C10H18N2O3/c1-7(2-5-12-10(14)15)8-6-11-4-3-9(8)13/h7-8,11-12H,2-6H2,1H3,(H,14,15). The number of hydrogen-bond acceptors (Lipinski definition) is 3. The highest BCUT2D eigenvalue weighted by Gasteiger charge is 2.26.